The van der Waals surface area contributed by atoms with Crippen molar-refractivity contribution in [2.24, 2.45) is 0 Å². The lowest BCUT2D eigenvalue weighted by Gasteiger charge is -2.25. The van der Waals surface area contributed by atoms with Crippen LogP contribution in [0.5, 0.6) is 0 Å². The zero-order chi connectivity index (χ0) is 10.7. The number of amides is 1. The summed E-state index contributed by atoms with van der Waals surface area (Å²) in [5, 5.41) is 6.10. The number of morpholine rings is 1. The largest absolute Gasteiger partial charge is 0.376 e. The molecule has 2 saturated heterocycles. The van der Waals surface area contributed by atoms with E-state index in [1.54, 1.807) is 0 Å². The summed E-state index contributed by atoms with van der Waals surface area (Å²) in [4.78, 5) is 11.8. The number of rotatable bonds is 2. The van der Waals surface area contributed by atoms with Gasteiger partial charge in [-0.25, -0.2) is 0 Å². The minimum absolute atomic E-state index is 0.0236. The maximum absolute atomic E-state index is 11.8. The average molecular weight is 214 g/mol. The molecule has 0 saturated carbocycles. The van der Waals surface area contributed by atoms with Crippen LogP contribution >= 0.6 is 0 Å². The van der Waals surface area contributed by atoms with E-state index < -0.39 is 0 Å². The van der Waals surface area contributed by atoms with Crippen LogP contribution < -0.4 is 10.6 Å². The molecule has 2 heterocycles. The fraction of sp³-hybridized carbons (Fsp3) is 0.900. The maximum Gasteiger partial charge on any atom is 0.250 e. The molecule has 86 valence electrons. The molecule has 5 nitrogen and oxygen atoms in total. The van der Waals surface area contributed by atoms with E-state index >= 15 is 0 Å². The smallest absolute Gasteiger partial charge is 0.250 e. The van der Waals surface area contributed by atoms with Gasteiger partial charge in [0, 0.05) is 19.7 Å². The third-order valence-corrected chi connectivity index (χ3v) is 2.92. The van der Waals surface area contributed by atoms with E-state index in [1.807, 2.05) is 6.92 Å². The van der Waals surface area contributed by atoms with E-state index in [0.29, 0.717) is 13.2 Å². The van der Waals surface area contributed by atoms with Gasteiger partial charge in [0.15, 0.2) is 0 Å². The monoisotopic (exact) mass is 214 g/mol. The van der Waals surface area contributed by atoms with Gasteiger partial charge >= 0.3 is 0 Å². The van der Waals surface area contributed by atoms with Crippen molar-refractivity contribution in [3.8, 4) is 0 Å². The SMILES string of the molecule is CC1OCCC1NC(=O)C1CNCCO1. The standard InChI is InChI=1S/C10H18N2O3/c1-7-8(2-4-14-7)12-10(13)9-6-11-3-5-15-9/h7-9,11H,2-6H2,1H3,(H,12,13). The lowest BCUT2D eigenvalue weighted by atomic mass is 10.1. The highest BCUT2D eigenvalue weighted by atomic mass is 16.5. The molecular formula is C10H18N2O3. The van der Waals surface area contributed by atoms with Gasteiger partial charge in [-0.05, 0) is 13.3 Å². The summed E-state index contributed by atoms with van der Waals surface area (Å²) in [5.41, 5.74) is 0. The zero-order valence-electron chi connectivity index (χ0n) is 8.99. The zero-order valence-corrected chi connectivity index (χ0v) is 8.99. The number of nitrogens with one attached hydrogen (secondary N) is 2. The number of hydrogen-bond acceptors (Lipinski definition) is 4. The second-order valence-corrected chi connectivity index (χ2v) is 4.04. The van der Waals surface area contributed by atoms with Gasteiger partial charge in [-0.3, -0.25) is 4.79 Å². The molecule has 0 aliphatic carbocycles. The second kappa shape index (κ2) is 4.92. The first-order valence-corrected chi connectivity index (χ1v) is 5.51. The van der Waals surface area contributed by atoms with Crippen molar-refractivity contribution in [1.29, 1.82) is 0 Å². The fourth-order valence-corrected chi connectivity index (χ4v) is 1.93. The van der Waals surface area contributed by atoms with Crippen LogP contribution in [0.15, 0.2) is 0 Å². The molecular weight excluding hydrogens is 196 g/mol. The van der Waals surface area contributed by atoms with Crippen LogP contribution in [0.1, 0.15) is 13.3 Å². The Morgan fingerprint density at radius 2 is 2.27 bits per heavy atom. The number of carbonyl (C=O) groups is 1. The van der Waals surface area contributed by atoms with E-state index in [4.69, 9.17) is 9.47 Å². The Hall–Kier alpha value is -0.650. The molecule has 5 heteroatoms. The van der Waals surface area contributed by atoms with Crippen molar-refractivity contribution in [3.63, 3.8) is 0 Å². The van der Waals surface area contributed by atoms with Crippen molar-refractivity contribution in [1.82, 2.24) is 10.6 Å². The highest BCUT2D eigenvalue weighted by Crippen LogP contribution is 2.12. The van der Waals surface area contributed by atoms with Crippen molar-refractivity contribution in [2.45, 2.75) is 31.6 Å². The van der Waals surface area contributed by atoms with Crippen LogP contribution in [0, 0.1) is 0 Å². The Labute approximate surface area is 89.5 Å². The Bertz CT molecular complexity index is 229. The van der Waals surface area contributed by atoms with Gasteiger partial charge in [-0.1, -0.05) is 0 Å². The van der Waals surface area contributed by atoms with Gasteiger partial charge in [-0.2, -0.15) is 0 Å². The van der Waals surface area contributed by atoms with Gasteiger partial charge in [0.25, 0.3) is 5.91 Å². The summed E-state index contributed by atoms with van der Waals surface area (Å²) in [6.45, 7) is 4.75. The van der Waals surface area contributed by atoms with Crippen LogP contribution in [0.3, 0.4) is 0 Å². The lowest BCUT2D eigenvalue weighted by molar-refractivity contribution is -0.135. The fourth-order valence-electron chi connectivity index (χ4n) is 1.93. The predicted molar refractivity (Wildman–Crippen MR) is 54.6 cm³/mol. The Morgan fingerprint density at radius 3 is 2.87 bits per heavy atom. The lowest BCUT2D eigenvalue weighted by Crippen LogP contribution is -2.51. The highest BCUT2D eigenvalue weighted by Gasteiger charge is 2.29. The summed E-state index contributed by atoms with van der Waals surface area (Å²) in [7, 11) is 0. The normalized spacial score (nSPS) is 36.5. The van der Waals surface area contributed by atoms with Crippen molar-refractivity contribution < 1.29 is 14.3 Å². The van der Waals surface area contributed by atoms with Gasteiger partial charge in [0.2, 0.25) is 0 Å². The predicted octanol–water partition coefficient (Wildman–Crippen LogP) is -0.732. The molecule has 2 fully saturated rings. The molecule has 2 rings (SSSR count). The first kappa shape index (κ1) is 10.9. The maximum atomic E-state index is 11.8. The Morgan fingerprint density at radius 1 is 1.40 bits per heavy atom. The van der Waals surface area contributed by atoms with E-state index in [-0.39, 0.29) is 24.2 Å². The molecule has 15 heavy (non-hydrogen) atoms. The number of carbonyl (C=O) groups excluding carboxylic acids is 1. The minimum Gasteiger partial charge on any atom is -0.376 e. The molecule has 0 spiro atoms. The van der Waals surface area contributed by atoms with E-state index in [9.17, 15) is 4.79 Å². The van der Waals surface area contributed by atoms with Crippen molar-refractivity contribution >= 4 is 5.91 Å². The number of ether oxygens (including phenoxy) is 2. The van der Waals surface area contributed by atoms with Crippen LogP contribution in [-0.4, -0.2) is 50.5 Å². The molecule has 0 bridgehead atoms. The van der Waals surface area contributed by atoms with E-state index in [2.05, 4.69) is 10.6 Å². The molecule has 2 aliphatic heterocycles. The number of hydrogen-bond donors (Lipinski definition) is 2. The van der Waals surface area contributed by atoms with Crippen molar-refractivity contribution in [3.05, 3.63) is 0 Å². The third kappa shape index (κ3) is 2.68. The summed E-state index contributed by atoms with van der Waals surface area (Å²) < 4.78 is 10.8. The van der Waals surface area contributed by atoms with Crippen LogP contribution in [0.2, 0.25) is 0 Å². The molecule has 0 aromatic heterocycles. The first-order chi connectivity index (χ1) is 7.27. The summed E-state index contributed by atoms with van der Waals surface area (Å²) in [6.07, 6.45) is 0.671. The highest BCUT2D eigenvalue weighted by molar-refractivity contribution is 5.81. The molecule has 1 amide bonds. The second-order valence-electron chi connectivity index (χ2n) is 4.04. The molecule has 3 unspecified atom stereocenters. The molecule has 0 aromatic carbocycles. The summed E-state index contributed by atoms with van der Waals surface area (Å²) in [6, 6.07) is 0.142. The van der Waals surface area contributed by atoms with E-state index in [0.717, 1.165) is 19.6 Å². The quantitative estimate of drug-likeness (QED) is 0.636. The van der Waals surface area contributed by atoms with E-state index in [1.165, 1.54) is 0 Å². The Balaban J connectivity index is 1.80. The molecule has 2 N–H and O–H groups in total. The summed E-state index contributed by atoms with van der Waals surface area (Å²) >= 11 is 0. The molecule has 2 aliphatic rings. The topological polar surface area (TPSA) is 59.6 Å². The molecule has 0 aromatic rings. The minimum atomic E-state index is -0.341. The first-order valence-electron chi connectivity index (χ1n) is 5.51. The third-order valence-electron chi connectivity index (χ3n) is 2.92. The van der Waals surface area contributed by atoms with Gasteiger partial charge < -0.3 is 20.1 Å². The van der Waals surface area contributed by atoms with Crippen LogP contribution in [0.4, 0.5) is 0 Å². The van der Waals surface area contributed by atoms with Gasteiger partial charge in [-0.15, -0.1) is 0 Å². The molecule has 0 radical (unpaired) electrons. The molecule has 3 atom stereocenters. The van der Waals surface area contributed by atoms with Crippen LogP contribution in [-0.2, 0) is 14.3 Å². The van der Waals surface area contributed by atoms with Gasteiger partial charge in [0.05, 0.1) is 18.8 Å². The van der Waals surface area contributed by atoms with Crippen LogP contribution in [0.25, 0.3) is 0 Å². The van der Waals surface area contributed by atoms with Gasteiger partial charge in [0.1, 0.15) is 6.10 Å². The summed E-state index contributed by atoms with van der Waals surface area (Å²) in [5.74, 6) is -0.0236. The average Bonchev–Trinajstić information content (AvgIpc) is 2.66. The Kier molecular flexibility index (Phi) is 3.56. The van der Waals surface area contributed by atoms with Crippen molar-refractivity contribution in [2.75, 3.05) is 26.3 Å².